The Labute approximate surface area is 114 Å². The fraction of sp³-hybridized carbons (Fsp3) is 0.143. The quantitative estimate of drug-likeness (QED) is 0.929. The lowest BCUT2D eigenvalue weighted by Gasteiger charge is -2.09. The molecule has 0 fully saturated rings. The van der Waals surface area contributed by atoms with Crippen molar-refractivity contribution in [1.29, 1.82) is 0 Å². The SMILES string of the molecule is NCc1ccc(OCc2ccc(F)cc2Cl)c(F)c1. The molecule has 2 aromatic carbocycles. The standard InChI is InChI=1S/C14H12ClF2NO/c15-12-6-11(16)3-2-10(12)8-19-14-4-1-9(7-18)5-13(14)17/h1-6H,7-8,18H2. The molecule has 0 unspecified atom stereocenters. The van der Waals surface area contributed by atoms with Crippen LogP contribution in [0.15, 0.2) is 36.4 Å². The zero-order valence-electron chi connectivity index (χ0n) is 10.00. The van der Waals surface area contributed by atoms with Crippen molar-refractivity contribution >= 4 is 11.6 Å². The van der Waals surface area contributed by atoms with Crippen LogP contribution in [-0.4, -0.2) is 0 Å². The minimum absolute atomic E-state index is 0.0675. The van der Waals surface area contributed by atoms with Crippen LogP contribution in [0.4, 0.5) is 8.78 Å². The molecule has 2 rings (SSSR count). The summed E-state index contributed by atoms with van der Waals surface area (Å²) in [6.07, 6.45) is 0. The lowest BCUT2D eigenvalue weighted by molar-refractivity contribution is 0.290. The van der Waals surface area contributed by atoms with Gasteiger partial charge in [0.25, 0.3) is 0 Å². The Balaban J connectivity index is 2.10. The van der Waals surface area contributed by atoms with E-state index >= 15 is 0 Å². The fourth-order valence-electron chi connectivity index (χ4n) is 1.58. The number of nitrogens with two attached hydrogens (primary N) is 1. The number of benzene rings is 2. The van der Waals surface area contributed by atoms with Gasteiger partial charge in [-0.2, -0.15) is 0 Å². The normalized spacial score (nSPS) is 10.5. The lowest BCUT2D eigenvalue weighted by Crippen LogP contribution is -2.01. The van der Waals surface area contributed by atoms with Crippen LogP contribution in [-0.2, 0) is 13.2 Å². The van der Waals surface area contributed by atoms with Gasteiger partial charge < -0.3 is 10.5 Å². The summed E-state index contributed by atoms with van der Waals surface area (Å²) in [5.74, 6) is -0.800. The molecule has 100 valence electrons. The van der Waals surface area contributed by atoms with Gasteiger partial charge in [0.15, 0.2) is 11.6 Å². The highest BCUT2D eigenvalue weighted by Crippen LogP contribution is 2.22. The summed E-state index contributed by atoms with van der Waals surface area (Å²) in [5, 5.41) is 0.249. The molecule has 0 saturated carbocycles. The lowest BCUT2D eigenvalue weighted by atomic mass is 10.2. The van der Waals surface area contributed by atoms with Crippen molar-refractivity contribution in [2.24, 2.45) is 5.73 Å². The van der Waals surface area contributed by atoms with Crippen LogP contribution >= 0.6 is 11.6 Å². The Morgan fingerprint density at radius 1 is 1.11 bits per heavy atom. The second kappa shape index (κ2) is 5.99. The van der Waals surface area contributed by atoms with Gasteiger partial charge in [0, 0.05) is 12.1 Å². The van der Waals surface area contributed by atoms with Crippen LogP contribution in [0.5, 0.6) is 5.75 Å². The monoisotopic (exact) mass is 283 g/mol. The predicted octanol–water partition coefficient (Wildman–Crippen LogP) is 3.66. The topological polar surface area (TPSA) is 35.2 Å². The molecule has 0 aliphatic rings. The minimum Gasteiger partial charge on any atom is -0.486 e. The van der Waals surface area contributed by atoms with E-state index in [1.165, 1.54) is 30.3 Å². The molecule has 0 aromatic heterocycles. The van der Waals surface area contributed by atoms with E-state index in [-0.39, 0.29) is 23.9 Å². The highest BCUT2D eigenvalue weighted by molar-refractivity contribution is 6.31. The summed E-state index contributed by atoms with van der Waals surface area (Å²) in [6, 6.07) is 8.48. The second-order valence-electron chi connectivity index (χ2n) is 3.99. The van der Waals surface area contributed by atoms with E-state index in [0.29, 0.717) is 11.1 Å². The van der Waals surface area contributed by atoms with E-state index in [1.54, 1.807) is 6.07 Å². The number of ether oxygens (including phenoxy) is 1. The zero-order valence-corrected chi connectivity index (χ0v) is 10.8. The van der Waals surface area contributed by atoms with Gasteiger partial charge >= 0.3 is 0 Å². The van der Waals surface area contributed by atoms with Gasteiger partial charge in [0.2, 0.25) is 0 Å². The molecule has 0 saturated heterocycles. The summed E-state index contributed by atoms with van der Waals surface area (Å²) < 4.78 is 31.8. The zero-order chi connectivity index (χ0) is 13.8. The highest BCUT2D eigenvalue weighted by Gasteiger charge is 2.07. The minimum atomic E-state index is -0.485. The Bertz CT molecular complexity index is 590. The van der Waals surface area contributed by atoms with Crippen LogP contribution in [0.3, 0.4) is 0 Å². The number of hydrogen-bond acceptors (Lipinski definition) is 2. The van der Waals surface area contributed by atoms with Crippen molar-refractivity contribution in [2.45, 2.75) is 13.2 Å². The van der Waals surface area contributed by atoms with Crippen LogP contribution in [0.25, 0.3) is 0 Å². The Hall–Kier alpha value is -1.65. The van der Waals surface area contributed by atoms with Crippen molar-refractivity contribution in [2.75, 3.05) is 0 Å². The smallest absolute Gasteiger partial charge is 0.165 e. The van der Waals surface area contributed by atoms with Gasteiger partial charge in [-0.25, -0.2) is 8.78 Å². The molecular weight excluding hydrogens is 272 g/mol. The maximum Gasteiger partial charge on any atom is 0.165 e. The van der Waals surface area contributed by atoms with E-state index in [0.717, 1.165) is 0 Å². The molecule has 0 spiro atoms. The number of hydrogen-bond donors (Lipinski definition) is 1. The van der Waals surface area contributed by atoms with Gasteiger partial charge in [-0.15, -0.1) is 0 Å². The van der Waals surface area contributed by atoms with Crippen molar-refractivity contribution in [3.05, 3.63) is 64.2 Å². The molecule has 0 bridgehead atoms. The molecule has 0 radical (unpaired) electrons. The number of rotatable bonds is 4. The molecule has 0 heterocycles. The highest BCUT2D eigenvalue weighted by atomic mass is 35.5. The third-order valence-electron chi connectivity index (χ3n) is 2.63. The van der Waals surface area contributed by atoms with Crippen LogP contribution < -0.4 is 10.5 Å². The first-order chi connectivity index (χ1) is 9.10. The third kappa shape index (κ3) is 3.43. The molecule has 2 nitrogen and oxygen atoms in total. The molecule has 0 atom stereocenters. The maximum absolute atomic E-state index is 13.6. The molecule has 19 heavy (non-hydrogen) atoms. The van der Waals surface area contributed by atoms with E-state index in [4.69, 9.17) is 22.1 Å². The first kappa shape index (κ1) is 13.8. The van der Waals surface area contributed by atoms with E-state index in [9.17, 15) is 8.78 Å². The summed E-state index contributed by atoms with van der Waals surface area (Å²) in [7, 11) is 0. The molecule has 0 aliphatic carbocycles. The molecule has 2 N–H and O–H groups in total. The fourth-order valence-corrected chi connectivity index (χ4v) is 1.80. The average molecular weight is 284 g/mol. The maximum atomic E-state index is 13.6. The molecule has 2 aromatic rings. The van der Waals surface area contributed by atoms with Crippen molar-refractivity contribution in [3.8, 4) is 5.75 Å². The summed E-state index contributed by atoms with van der Waals surface area (Å²) in [5.41, 5.74) is 6.68. The van der Waals surface area contributed by atoms with Crippen LogP contribution in [0, 0.1) is 11.6 Å². The average Bonchev–Trinajstić information content (AvgIpc) is 2.39. The predicted molar refractivity (Wildman–Crippen MR) is 70.0 cm³/mol. The Morgan fingerprint density at radius 3 is 2.53 bits per heavy atom. The molecule has 0 amide bonds. The van der Waals surface area contributed by atoms with Gasteiger partial charge in [0.05, 0.1) is 5.02 Å². The first-order valence-corrected chi connectivity index (χ1v) is 6.03. The summed E-state index contributed by atoms with van der Waals surface area (Å²) in [4.78, 5) is 0. The largest absolute Gasteiger partial charge is 0.486 e. The van der Waals surface area contributed by atoms with Crippen LogP contribution in [0.2, 0.25) is 5.02 Å². The van der Waals surface area contributed by atoms with E-state index in [1.807, 2.05) is 0 Å². The van der Waals surface area contributed by atoms with E-state index in [2.05, 4.69) is 0 Å². The van der Waals surface area contributed by atoms with Gasteiger partial charge in [-0.05, 0) is 29.8 Å². The second-order valence-corrected chi connectivity index (χ2v) is 4.40. The Kier molecular flexibility index (Phi) is 4.35. The van der Waals surface area contributed by atoms with Gasteiger partial charge in [-0.3, -0.25) is 0 Å². The van der Waals surface area contributed by atoms with Crippen molar-refractivity contribution in [1.82, 2.24) is 0 Å². The summed E-state index contributed by atoms with van der Waals surface area (Å²) in [6.45, 7) is 0.332. The first-order valence-electron chi connectivity index (χ1n) is 5.65. The van der Waals surface area contributed by atoms with Crippen molar-refractivity contribution < 1.29 is 13.5 Å². The molecular formula is C14H12ClF2NO. The Morgan fingerprint density at radius 2 is 1.89 bits per heavy atom. The van der Waals surface area contributed by atoms with Gasteiger partial charge in [0.1, 0.15) is 12.4 Å². The molecule has 0 aliphatic heterocycles. The van der Waals surface area contributed by atoms with Crippen LogP contribution in [0.1, 0.15) is 11.1 Å². The number of halogens is 3. The van der Waals surface area contributed by atoms with E-state index < -0.39 is 11.6 Å². The summed E-state index contributed by atoms with van der Waals surface area (Å²) >= 11 is 5.85. The third-order valence-corrected chi connectivity index (χ3v) is 2.98. The van der Waals surface area contributed by atoms with Gasteiger partial charge in [-0.1, -0.05) is 23.7 Å². The molecule has 5 heteroatoms. The van der Waals surface area contributed by atoms with Crippen molar-refractivity contribution in [3.63, 3.8) is 0 Å².